The minimum Gasteiger partial charge on any atom is -0.431 e. The predicted octanol–water partition coefficient (Wildman–Crippen LogP) is 2.33. The van der Waals surface area contributed by atoms with Crippen molar-refractivity contribution in [3.8, 4) is 11.6 Å². The summed E-state index contributed by atoms with van der Waals surface area (Å²) in [5, 5.41) is 11.1. The summed E-state index contributed by atoms with van der Waals surface area (Å²) in [6.07, 6.45) is 2.22. The molecule has 0 bridgehead atoms. The number of nitro groups is 1. The molecule has 2 aromatic rings. The second kappa shape index (κ2) is 6.14. The Kier molecular flexibility index (Phi) is 4.29. The maximum atomic E-state index is 11.1. The van der Waals surface area contributed by atoms with Crippen LogP contribution in [0.5, 0.6) is 11.6 Å². The Labute approximate surface area is 121 Å². The normalized spacial score (nSPS) is 10.2. The number of hydrogen-bond donors (Lipinski definition) is 2. The van der Waals surface area contributed by atoms with Crippen molar-refractivity contribution >= 4 is 11.6 Å². The third-order valence-electron chi connectivity index (χ3n) is 2.89. The van der Waals surface area contributed by atoms with Gasteiger partial charge in [-0.3, -0.25) is 15.5 Å². The van der Waals surface area contributed by atoms with E-state index in [0.29, 0.717) is 12.0 Å². The van der Waals surface area contributed by atoms with Crippen molar-refractivity contribution in [1.82, 2.24) is 9.97 Å². The molecular weight excluding hydrogens is 274 g/mol. The van der Waals surface area contributed by atoms with Crippen molar-refractivity contribution in [3.05, 3.63) is 45.6 Å². The van der Waals surface area contributed by atoms with Gasteiger partial charge in [0.25, 0.3) is 0 Å². The molecule has 8 heteroatoms. The number of nitrogens with zero attached hydrogens (tertiary/aromatic N) is 3. The highest BCUT2D eigenvalue weighted by atomic mass is 16.6. The Bertz CT molecular complexity index is 675. The molecule has 0 unspecified atom stereocenters. The molecule has 0 aliphatic rings. The number of anilines is 1. The number of aromatic nitrogens is 2. The number of ether oxygens (including phenoxy) is 1. The van der Waals surface area contributed by atoms with Gasteiger partial charge in [-0.15, -0.1) is 0 Å². The minimum absolute atomic E-state index is 0.102. The molecule has 0 saturated carbocycles. The van der Waals surface area contributed by atoms with E-state index >= 15 is 0 Å². The Morgan fingerprint density at radius 2 is 2.24 bits per heavy atom. The van der Waals surface area contributed by atoms with E-state index < -0.39 is 4.92 Å². The van der Waals surface area contributed by atoms with Gasteiger partial charge in [-0.2, -0.15) is 4.98 Å². The summed E-state index contributed by atoms with van der Waals surface area (Å²) in [5.41, 5.74) is 3.70. The van der Waals surface area contributed by atoms with Crippen LogP contribution in [0.4, 0.5) is 11.6 Å². The molecule has 0 amide bonds. The number of benzene rings is 1. The van der Waals surface area contributed by atoms with Gasteiger partial charge < -0.3 is 4.74 Å². The van der Waals surface area contributed by atoms with E-state index in [9.17, 15) is 10.1 Å². The van der Waals surface area contributed by atoms with E-state index in [0.717, 1.165) is 5.56 Å². The lowest BCUT2D eigenvalue weighted by molar-refractivity contribution is -0.385. The fraction of sp³-hybridized carbons (Fsp3) is 0.231. The van der Waals surface area contributed by atoms with Gasteiger partial charge in [0.15, 0.2) is 0 Å². The highest BCUT2D eigenvalue weighted by Crippen LogP contribution is 2.32. The van der Waals surface area contributed by atoms with Gasteiger partial charge >= 0.3 is 5.69 Å². The lowest BCUT2D eigenvalue weighted by Gasteiger charge is -2.09. The van der Waals surface area contributed by atoms with E-state index in [4.69, 9.17) is 10.6 Å². The largest absolute Gasteiger partial charge is 0.431 e. The predicted molar refractivity (Wildman–Crippen MR) is 77.1 cm³/mol. The van der Waals surface area contributed by atoms with Crippen molar-refractivity contribution in [2.24, 2.45) is 5.84 Å². The third kappa shape index (κ3) is 3.23. The number of nitrogens with two attached hydrogens (primary N) is 1. The molecule has 110 valence electrons. The highest BCUT2D eigenvalue weighted by Gasteiger charge is 2.18. The summed E-state index contributed by atoms with van der Waals surface area (Å²) in [6.45, 7) is 3.66. The minimum atomic E-state index is -0.479. The average molecular weight is 289 g/mol. The molecule has 1 heterocycles. The molecule has 0 aliphatic heterocycles. The Hall–Kier alpha value is -2.74. The molecule has 3 N–H and O–H groups in total. The summed E-state index contributed by atoms with van der Waals surface area (Å²) < 4.78 is 5.56. The van der Waals surface area contributed by atoms with Gasteiger partial charge in [0.1, 0.15) is 0 Å². The summed E-state index contributed by atoms with van der Waals surface area (Å²) in [4.78, 5) is 18.6. The standard InChI is InChI=1S/C13H15N5O3/c1-3-9-4-5-11(10(6-9)18(19)20)21-12-8(2)7-15-13(16-12)17-14/h4-7H,3,14H2,1-2H3,(H,15,16,17). The van der Waals surface area contributed by atoms with Gasteiger partial charge in [0, 0.05) is 17.8 Å². The first-order valence-corrected chi connectivity index (χ1v) is 6.30. The molecule has 8 nitrogen and oxygen atoms in total. The van der Waals surface area contributed by atoms with Crippen LogP contribution in [0.1, 0.15) is 18.1 Å². The van der Waals surface area contributed by atoms with Crippen molar-refractivity contribution in [1.29, 1.82) is 0 Å². The second-order valence-corrected chi connectivity index (χ2v) is 4.34. The quantitative estimate of drug-likeness (QED) is 0.493. The second-order valence-electron chi connectivity index (χ2n) is 4.34. The topological polar surface area (TPSA) is 116 Å². The molecule has 1 aromatic heterocycles. The van der Waals surface area contributed by atoms with Crippen LogP contribution in [0.25, 0.3) is 0 Å². The van der Waals surface area contributed by atoms with Crippen LogP contribution >= 0.6 is 0 Å². The van der Waals surface area contributed by atoms with Gasteiger partial charge in [-0.1, -0.05) is 13.0 Å². The summed E-state index contributed by atoms with van der Waals surface area (Å²) in [5.74, 6) is 5.75. The van der Waals surface area contributed by atoms with E-state index in [1.807, 2.05) is 6.92 Å². The summed E-state index contributed by atoms with van der Waals surface area (Å²) >= 11 is 0. The van der Waals surface area contributed by atoms with Crippen molar-refractivity contribution < 1.29 is 9.66 Å². The number of aryl methyl sites for hydroxylation is 2. The molecule has 1 aromatic carbocycles. The number of rotatable bonds is 5. The molecule has 0 atom stereocenters. The summed E-state index contributed by atoms with van der Waals surface area (Å²) in [7, 11) is 0. The molecule has 0 saturated heterocycles. The monoisotopic (exact) mass is 289 g/mol. The molecular formula is C13H15N5O3. The Balaban J connectivity index is 2.41. The maximum Gasteiger partial charge on any atom is 0.311 e. The van der Waals surface area contributed by atoms with Crippen molar-refractivity contribution in [3.63, 3.8) is 0 Å². The molecule has 0 fully saturated rings. The molecule has 21 heavy (non-hydrogen) atoms. The Morgan fingerprint density at radius 3 is 2.86 bits per heavy atom. The average Bonchev–Trinajstić information content (AvgIpc) is 2.49. The van der Waals surface area contributed by atoms with E-state index in [1.165, 1.54) is 12.3 Å². The van der Waals surface area contributed by atoms with Crippen LogP contribution in [0.15, 0.2) is 24.4 Å². The first-order valence-electron chi connectivity index (χ1n) is 6.30. The molecule has 0 aliphatic carbocycles. The first-order chi connectivity index (χ1) is 10.0. The first kappa shape index (κ1) is 14.7. The van der Waals surface area contributed by atoms with E-state index in [2.05, 4.69) is 15.4 Å². The Morgan fingerprint density at radius 1 is 1.48 bits per heavy atom. The van der Waals surface area contributed by atoms with Crippen LogP contribution in [0.2, 0.25) is 0 Å². The fourth-order valence-corrected chi connectivity index (χ4v) is 1.72. The SMILES string of the molecule is CCc1ccc(Oc2nc(NN)ncc2C)c([N+](=O)[O-])c1. The van der Waals surface area contributed by atoms with Gasteiger partial charge in [-0.25, -0.2) is 10.8 Å². The van der Waals surface area contributed by atoms with Crippen LogP contribution in [0.3, 0.4) is 0 Å². The molecule has 2 rings (SSSR count). The van der Waals surface area contributed by atoms with E-state index in [-0.39, 0.29) is 23.3 Å². The number of hydrazine groups is 1. The maximum absolute atomic E-state index is 11.1. The van der Waals surface area contributed by atoms with E-state index in [1.54, 1.807) is 19.1 Å². The van der Waals surface area contributed by atoms with Crippen LogP contribution in [0, 0.1) is 17.0 Å². The molecule has 0 spiro atoms. The van der Waals surface area contributed by atoms with Gasteiger partial charge in [0.05, 0.1) is 4.92 Å². The van der Waals surface area contributed by atoms with Gasteiger partial charge in [0.2, 0.25) is 17.6 Å². The van der Waals surface area contributed by atoms with Crippen LogP contribution in [-0.2, 0) is 6.42 Å². The van der Waals surface area contributed by atoms with Crippen molar-refractivity contribution in [2.45, 2.75) is 20.3 Å². The van der Waals surface area contributed by atoms with Gasteiger partial charge in [-0.05, 0) is 25.0 Å². The van der Waals surface area contributed by atoms with Crippen molar-refractivity contribution in [2.75, 3.05) is 5.43 Å². The highest BCUT2D eigenvalue weighted by molar-refractivity contribution is 5.50. The lowest BCUT2D eigenvalue weighted by Crippen LogP contribution is -2.11. The zero-order valence-corrected chi connectivity index (χ0v) is 11.7. The van der Waals surface area contributed by atoms with Crippen LogP contribution < -0.4 is 16.0 Å². The van der Waals surface area contributed by atoms with Crippen LogP contribution in [-0.4, -0.2) is 14.9 Å². The molecule has 0 radical (unpaired) electrons. The lowest BCUT2D eigenvalue weighted by atomic mass is 10.1. The third-order valence-corrected chi connectivity index (χ3v) is 2.89. The number of nitrogens with one attached hydrogen (secondary N) is 1. The smallest absolute Gasteiger partial charge is 0.311 e. The fourth-order valence-electron chi connectivity index (χ4n) is 1.72. The number of nitrogen functional groups attached to an aromatic ring is 1. The number of nitro benzene ring substituents is 1. The number of hydrogen-bond acceptors (Lipinski definition) is 7. The zero-order chi connectivity index (χ0) is 15.4. The zero-order valence-electron chi connectivity index (χ0n) is 11.7. The summed E-state index contributed by atoms with van der Waals surface area (Å²) in [6, 6.07) is 4.84.